The summed E-state index contributed by atoms with van der Waals surface area (Å²) in [6.45, 7) is 0.495. The summed E-state index contributed by atoms with van der Waals surface area (Å²) in [4.78, 5) is 18.3. The number of carbonyl (C=O) groups is 1. The van der Waals surface area contributed by atoms with Crippen molar-refractivity contribution in [2.24, 2.45) is 0 Å². The summed E-state index contributed by atoms with van der Waals surface area (Å²) in [7, 11) is 7.25. The molecule has 6 heteroatoms. The molecule has 0 aliphatic heterocycles. The quantitative estimate of drug-likeness (QED) is 0.381. The monoisotopic (exact) mass is 457 g/mol. The molecule has 0 aliphatic rings. The van der Waals surface area contributed by atoms with Crippen molar-refractivity contribution in [2.45, 2.75) is 12.3 Å². The molecule has 34 heavy (non-hydrogen) atoms. The molecule has 0 spiro atoms. The number of nitrogens with zero attached hydrogens (tertiary/aromatic N) is 1. The number of ether oxygens (including phenoxy) is 2. The van der Waals surface area contributed by atoms with Crippen molar-refractivity contribution in [2.75, 3.05) is 39.8 Å². The third-order valence-corrected chi connectivity index (χ3v) is 6.12. The van der Waals surface area contributed by atoms with Gasteiger partial charge in [0.25, 0.3) is 0 Å². The number of aromatic amines is 1. The Morgan fingerprint density at radius 2 is 1.71 bits per heavy atom. The SMILES string of the molecule is COc1ccc(CC(=O)NCC(c2ccc(N(C)C)cc2)c2c[nH]c3ccccc23)cc1OC. The second-order valence-electron chi connectivity index (χ2n) is 8.50. The molecule has 0 radical (unpaired) electrons. The highest BCUT2D eigenvalue weighted by atomic mass is 16.5. The van der Waals surface area contributed by atoms with E-state index in [0.717, 1.165) is 22.3 Å². The molecule has 6 nitrogen and oxygen atoms in total. The van der Waals surface area contributed by atoms with Gasteiger partial charge in [-0.2, -0.15) is 0 Å². The number of amides is 1. The lowest BCUT2D eigenvalue weighted by Gasteiger charge is -2.20. The van der Waals surface area contributed by atoms with Crippen molar-refractivity contribution in [1.82, 2.24) is 10.3 Å². The molecule has 2 N–H and O–H groups in total. The number of anilines is 1. The Labute approximate surface area is 200 Å². The molecule has 1 amide bonds. The van der Waals surface area contributed by atoms with E-state index in [9.17, 15) is 4.79 Å². The van der Waals surface area contributed by atoms with Gasteiger partial charge in [-0.25, -0.2) is 0 Å². The summed E-state index contributed by atoms with van der Waals surface area (Å²) in [6.07, 6.45) is 2.32. The molecule has 0 fully saturated rings. The lowest BCUT2D eigenvalue weighted by atomic mass is 9.90. The number of methoxy groups -OCH3 is 2. The van der Waals surface area contributed by atoms with Crippen molar-refractivity contribution in [3.8, 4) is 11.5 Å². The Kier molecular flexibility index (Phi) is 7.07. The zero-order chi connectivity index (χ0) is 24.1. The van der Waals surface area contributed by atoms with E-state index in [1.165, 1.54) is 10.9 Å². The number of rotatable bonds is 9. The van der Waals surface area contributed by atoms with Crippen LogP contribution in [0, 0.1) is 0 Å². The minimum atomic E-state index is -0.0398. The molecule has 1 atom stereocenters. The Morgan fingerprint density at radius 3 is 2.41 bits per heavy atom. The first kappa shape index (κ1) is 23.2. The summed E-state index contributed by atoms with van der Waals surface area (Å²) in [5.74, 6) is 1.24. The molecule has 1 heterocycles. The number of para-hydroxylation sites is 1. The van der Waals surface area contributed by atoms with Crippen molar-refractivity contribution in [3.05, 3.63) is 89.6 Å². The molecule has 0 saturated carbocycles. The Morgan fingerprint density at radius 1 is 0.971 bits per heavy atom. The van der Waals surface area contributed by atoms with Crippen LogP contribution in [0.3, 0.4) is 0 Å². The van der Waals surface area contributed by atoms with Gasteiger partial charge in [-0.1, -0.05) is 36.4 Å². The van der Waals surface area contributed by atoms with Crippen molar-refractivity contribution < 1.29 is 14.3 Å². The Bertz CT molecular complexity index is 1260. The third-order valence-electron chi connectivity index (χ3n) is 6.12. The molecule has 4 aromatic rings. The predicted molar refractivity (Wildman–Crippen MR) is 137 cm³/mol. The van der Waals surface area contributed by atoms with Gasteiger partial charge >= 0.3 is 0 Å². The third kappa shape index (κ3) is 5.01. The lowest BCUT2D eigenvalue weighted by Crippen LogP contribution is -2.30. The normalized spacial score (nSPS) is 11.8. The summed E-state index contributed by atoms with van der Waals surface area (Å²) in [5.41, 5.74) is 5.42. The second kappa shape index (κ2) is 10.3. The van der Waals surface area contributed by atoms with Gasteiger partial charge in [0.15, 0.2) is 11.5 Å². The maximum Gasteiger partial charge on any atom is 0.224 e. The minimum absolute atomic E-state index is 0.0155. The van der Waals surface area contributed by atoms with Gasteiger partial charge in [-0.3, -0.25) is 4.79 Å². The maximum atomic E-state index is 12.9. The number of nitrogens with one attached hydrogen (secondary N) is 2. The fourth-order valence-electron chi connectivity index (χ4n) is 4.25. The van der Waals surface area contributed by atoms with Gasteiger partial charge in [0.2, 0.25) is 5.91 Å². The summed E-state index contributed by atoms with van der Waals surface area (Å²) in [6, 6.07) is 22.3. The van der Waals surface area contributed by atoms with Crippen LogP contribution in [0.4, 0.5) is 5.69 Å². The summed E-state index contributed by atoms with van der Waals surface area (Å²) >= 11 is 0. The standard InChI is InChI=1S/C28H31N3O3/c1-31(2)21-12-10-20(11-13-21)23(24-18-29-25-8-6-5-7-22(24)25)17-30-28(32)16-19-9-14-26(33-3)27(15-19)34-4/h5-15,18,23,29H,16-17H2,1-4H3,(H,30,32). The smallest absolute Gasteiger partial charge is 0.224 e. The van der Waals surface area contributed by atoms with Gasteiger partial charge in [0, 0.05) is 49.3 Å². The summed E-state index contributed by atoms with van der Waals surface area (Å²) < 4.78 is 10.7. The molecule has 4 rings (SSSR count). The zero-order valence-electron chi connectivity index (χ0n) is 20.1. The molecular weight excluding hydrogens is 426 g/mol. The van der Waals surface area contributed by atoms with E-state index < -0.39 is 0 Å². The molecule has 1 unspecified atom stereocenters. The molecule has 0 saturated heterocycles. The highest BCUT2D eigenvalue weighted by molar-refractivity contribution is 5.84. The van der Waals surface area contributed by atoms with Crippen molar-refractivity contribution in [1.29, 1.82) is 0 Å². The van der Waals surface area contributed by atoms with E-state index >= 15 is 0 Å². The van der Waals surface area contributed by atoms with E-state index in [1.54, 1.807) is 14.2 Å². The first-order valence-electron chi connectivity index (χ1n) is 11.3. The number of hydrogen-bond donors (Lipinski definition) is 2. The van der Waals surface area contributed by atoms with Crippen LogP contribution in [0.25, 0.3) is 10.9 Å². The minimum Gasteiger partial charge on any atom is -0.493 e. The Balaban J connectivity index is 1.56. The van der Waals surface area contributed by atoms with Crippen molar-refractivity contribution in [3.63, 3.8) is 0 Å². The van der Waals surface area contributed by atoms with Gasteiger partial charge in [-0.05, 0) is 47.0 Å². The number of fused-ring (bicyclic) bond motifs is 1. The fourth-order valence-corrected chi connectivity index (χ4v) is 4.25. The number of benzene rings is 3. The van der Waals surface area contributed by atoms with Crippen LogP contribution in [-0.2, 0) is 11.2 Å². The number of aromatic nitrogens is 1. The van der Waals surface area contributed by atoms with Crippen LogP contribution in [0.1, 0.15) is 22.6 Å². The topological polar surface area (TPSA) is 66.6 Å². The van der Waals surface area contributed by atoms with E-state index in [-0.39, 0.29) is 18.2 Å². The van der Waals surface area contributed by atoms with Gasteiger partial charge < -0.3 is 24.7 Å². The van der Waals surface area contributed by atoms with E-state index in [4.69, 9.17) is 9.47 Å². The van der Waals surface area contributed by atoms with Crippen LogP contribution < -0.4 is 19.7 Å². The average molecular weight is 458 g/mol. The highest BCUT2D eigenvalue weighted by Gasteiger charge is 2.19. The first-order valence-corrected chi connectivity index (χ1v) is 11.3. The van der Waals surface area contributed by atoms with Crippen LogP contribution in [-0.4, -0.2) is 45.8 Å². The van der Waals surface area contributed by atoms with Crippen LogP contribution in [0.15, 0.2) is 72.9 Å². The average Bonchev–Trinajstić information content (AvgIpc) is 3.28. The molecule has 1 aromatic heterocycles. The zero-order valence-corrected chi connectivity index (χ0v) is 20.1. The number of H-pyrrole nitrogens is 1. The van der Waals surface area contributed by atoms with Gasteiger partial charge in [0.1, 0.15) is 0 Å². The maximum absolute atomic E-state index is 12.9. The van der Waals surface area contributed by atoms with Crippen LogP contribution >= 0.6 is 0 Å². The molecule has 3 aromatic carbocycles. The van der Waals surface area contributed by atoms with Gasteiger partial charge in [0.05, 0.1) is 20.6 Å². The lowest BCUT2D eigenvalue weighted by molar-refractivity contribution is -0.120. The highest BCUT2D eigenvalue weighted by Crippen LogP contribution is 2.32. The van der Waals surface area contributed by atoms with Crippen LogP contribution in [0.2, 0.25) is 0 Å². The van der Waals surface area contributed by atoms with Gasteiger partial charge in [-0.15, -0.1) is 0 Å². The van der Waals surface area contributed by atoms with Crippen molar-refractivity contribution >= 4 is 22.5 Å². The van der Waals surface area contributed by atoms with Crippen LogP contribution in [0.5, 0.6) is 11.5 Å². The van der Waals surface area contributed by atoms with E-state index in [0.29, 0.717) is 18.0 Å². The fraction of sp³-hybridized carbons (Fsp3) is 0.250. The Hall–Kier alpha value is -3.93. The number of carbonyl (C=O) groups excluding carboxylic acids is 1. The molecule has 176 valence electrons. The van der Waals surface area contributed by atoms with E-state index in [1.807, 2.05) is 44.4 Å². The summed E-state index contributed by atoms with van der Waals surface area (Å²) in [5, 5.41) is 4.32. The number of hydrogen-bond acceptors (Lipinski definition) is 4. The predicted octanol–water partition coefficient (Wildman–Crippen LogP) is 4.74. The molecule has 0 aliphatic carbocycles. The largest absolute Gasteiger partial charge is 0.493 e. The van der Waals surface area contributed by atoms with E-state index in [2.05, 4.69) is 57.8 Å². The second-order valence-corrected chi connectivity index (χ2v) is 8.50. The first-order chi connectivity index (χ1) is 16.5. The molecular formula is C28H31N3O3. The molecule has 0 bridgehead atoms.